The zero-order chi connectivity index (χ0) is 21.0. The standard InChI is InChI=1S/C24H18N4OS2/c29-20(15-25-23-26-18-13-7-8-14-19(18)30-23)27-24-28-21(16-9-3-1-4-10-16)22(31-24)17-11-5-2-6-12-17/h1-14H,15H2,(H,25,26)(H,27,28,29). The van der Waals surface area contributed by atoms with Crippen molar-refractivity contribution < 1.29 is 4.79 Å². The number of benzene rings is 3. The van der Waals surface area contributed by atoms with Crippen molar-refractivity contribution in [1.29, 1.82) is 0 Å². The third-order valence-electron chi connectivity index (χ3n) is 4.65. The van der Waals surface area contributed by atoms with Crippen molar-refractivity contribution in [3.63, 3.8) is 0 Å². The summed E-state index contributed by atoms with van der Waals surface area (Å²) in [7, 11) is 0. The van der Waals surface area contributed by atoms with E-state index < -0.39 is 0 Å². The quantitative estimate of drug-likeness (QED) is 0.332. The number of anilines is 2. The van der Waals surface area contributed by atoms with Crippen molar-refractivity contribution in [3.8, 4) is 21.7 Å². The first kappa shape index (κ1) is 19.4. The predicted octanol–water partition coefficient (Wildman–Crippen LogP) is 6.14. The first-order valence-corrected chi connectivity index (χ1v) is 11.4. The summed E-state index contributed by atoms with van der Waals surface area (Å²) in [5.74, 6) is -0.160. The Balaban J connectivity index is 1.35. The number of thiazole rings is 2. The first-order valence-electron chi connectivity index (χ1n) is 9.77. The van der Waals surface area contributed by atoms with Crippen LogP contribution < -0.4 is 10.6 Å². The van der Waals surface area contributed by atoms with Crippen LogP contribution in [0.4, 0.5) is 10.3 Å². The van der Waals surface area contributed by atoms with Crippen molar-refractivity contribution in [1.82, 2.24) is 9.97 Å². The topological polar surface area (TPSA) is 66.9 Å². The molecule has 7 heteroatoms. The lowest BCUT2D eigenvalue weighted by atomic mass is 10.1. The molecule has 31 heavy (non-hydrogen) atoms. The number of hydrogen-bond donors (Lipinski definition) is 2. The highest BCUT2D eigenvalue weighted by Crippen LogP contribution is 2.38. The Morgan fingerprint density at radius 3 is 2.16 bits per heavy atom. The van der Waals surface area contributed by atoms with E-state index in [0.717, 1.165) is 37.0 Å². The van der Waals surface area contributed by atoms with Crippen LogP contribution in [0.1, 0.15) is 0 Å². The fourth-order valence-corrected chi connectivity index (χ4v) is 5.09. The SMILES string of the molecule is O=C(CNc1nc2ccccc2s1)Nc1nc(-c2ccccc2)c(-c2ccccc2)s1. The number of amides is 1. The van der Waals surface area contributed by atoms with Gasteiger partial charge in [-0.25, -0.2) is 9.97 Å². The van der Waals surface area contributed by atoms with Gasteiger partial charge in [-0.1, -0.05) is 95.5 Å². The van der Waals surface area contributed by atoms with Crippen LogP contribution in [0.25, 0.3) is 31.9 Å². The molecule has 0 bridgehead atoms. The third-order valence-corrected chi connectivity index (χ3v) is 6.66. The fourth-order valence-electron chi connectivity index (χ4n) is 3.22. The molecule has 0 saturated heterocycles. The first-order chi connectivity index (χ1) is 15.3. The molecule has 0 fully saturated rings. The number of fused-ring (bicyclic) bond motifs is 1. The molecule has 0 atom stereocenters. The normalized spacial score (nSPS) is 10.8. The van der Waals surface area contributed by atoms with Crippen LogP contribution in [0.3, 0.4) is 0 Å². The average molecular weight is 443 g/mol. The highest BCUT2D eigenvalue weighted by atomic mass is 32.1. The van der Waals surface area contributed by atoms with Gasteiger partial charge in [-0.3, -0.25) is 4.79 Å². The maximum atomic E-state index is 12.6. The van der Waals surface area contributed by atoms with Gasteiger partial charge in [-0.15, -0.1) is 0 Å². The van der Waals surface area contributed by atoms with Gasteiger partial charge in [0.05, 0.1) is 27.3 Å². The molecule has 2 N–H and O–H groups in total. The number of rotatable bonds is 6. The summed E-state index contributed by atoms with van der Waals surface area (Å²) < 4.78 is 1.09. The van der Waals surface area contributed by atoms with Crippen molar-refractivity contribution in [2.75, 3.05) is 17.2 Å². The maximum absolute atomic E-state index is 12.6. The van der Waals surface area contributed by atoms with Crippen molar-refractivity contribution in [2.24, 2.45) is 0 Å². The molecular weight excluding hydrogens is 424 g/mol. The minimum Gasteiger partial charge on any atom is -0.352 e. The highest BCUT2D eigenvalue weighted by Gasteiger charge is 2.16. The van der Waals surface area contributed by atoms with E-state index in [0.29, 0.717) is 5.13 Å². The van der Waals surface area contributed by atoms with Crippen LogP contribution in [-0.4, -0.2) is 22.4 Å². The van der Waals surface area contributed by atoms with E-state index in [1.165, 1.54) is 22.7 Å². The van der Waals surface area contributed by atoms with E-state index in [2.05, 4.69) is 27.8 Å². The molecule has 0 aliphatic carbocycles. The number of hydrogen-bond acceptors (Lipinski definition) is 6. The second-order valence-corrected chi connectivity index (χ2v) is 8.85. The van der Waals surface area contributed by atoms with Crippen molar-refractivity contribution >= 4 is 49.1 Å². The second-order valence-electron chi connectivity index (χ2n) is 6.82. The Morgan fingerprint density at radius 1 is 0.742 bits per heavy atom. The Morgan fingerprint density at radius 2 is 1.42 bits per heavy atom. The minimum atomic E-state index is -0.160. The molecule has 0 saturated carbocycles. The molecule has 0 aliphatic heterocycles. The number of nitrogens with zero attached hydrogens (tertiary/aromatic N) is 2. The number of nitrogens with one attached hydrogen (secondary N) is 2. The van der Waals surface area contributed by atoms with Crippen LogP contribution >= 0.6 is 22.7 Å². The largest absolute Gasteiger partial charge is 0.352 e. The summed E-state index contributed by atoms with van der Waals surface area (Å²) in [6.45, 7) is 0.126. The summed E-state index contributed by atoms with van der Waals surface area (Å²) in [4.78, 5) is 22.8. The molecule has 2 aromatic heterocycles. The molecule has 5 rings (SSSR count). The Hall–Kier alpha value is -3.55. The lowest BCUT2D eigenvalue weighted by Crippen LogP contribution is -2.21. The molecule has 2 heterocycles. The molecular formula is C24H18N4OS2. The molecule has 5 nitrogen and oxygen atoms in total. The summed E-state index contributed by atoms with van der Waals surface area (Å²) >= 11 is 3.01. The number of aromatic nitrogens is 2. The van der Waals surface area contributed by atoms with Gasteiger partial charge in [0.25, 0.3) is 0 Å². The Kier molecular flexibility index (Phi) is 5.43. The molecule has 3 aromatic carbocycles. The lowest BCUT2D eigenvalue weighted by molar-refractivity contribution is -0.114. The molecule has 0 spiro atoms. The van der Waals surface area contributed by atoms with Gasteiger partial charge in [0, 0.05) is 5.56 Å². The molecule has 0 aliphatic rings. The van der Waals surface area contributed by atoms with E-state index in [-0.39, 0.29) is 12.5 Å². The van der Waals surface area contributed by atoms with Crippen LogP contribution in [0.2, 0.25) is 0 Å². The number of carbonyl (C=O) groups is 1. The van der Waals surface area contributed by atoms with Gasteiger partial charge in [0.15, 0.2) is 10.3 Å². The summed E-state index contributed by atoms with van der Waals surface area (Å²) in [5.41, 5.74) is 3.89. The van der Waals surface area contributed by atoms with Crippen LogP contribution in [0.5, 0.6) is 0 Å². The van der Waals surface area contributed by atoms with Gasteiger partial charge in [0.2, 0.25) is 5.91 Å². The van der Waals surface area contributed by atoms with Gasteiger partial charge in [0.1, 0.15) is 0 Å². The summed E-state index contributed by atoms with van der Waals surface area (Å²) in [6, 6.07) is 28.0. The van der Waals surface area contributed by atoms with E-state index in [4.69, 9.17) is 4.98 Å². The van der Waals surface area contributed by atoms with Gasteiger partial charge in [-0.2, -0.15) is 0 Å². The summed E-state index contributed by atoms with van der Waals surface area (Å²) in [6.07, 6.45) is 0. The second kappa shape index (κ2) is 8.67. The predicted molar refractivity (Wildman–Crippen MR) is 130 cm³/mol. The monoisotopic (exact) mass is 442 g/mol. The third kappa shape index (κ3) is 4.33. The van der Waals surface area contributed by atoms with Crippen LogP contribution in [0.15, 0.2) is 84.9 Å². The highest BCUT2D eigenvalue weighted by molar-refractivity contribution is 7.22. The molecule has 0 radical (unpaired) electrons. The van der Waals surface area contributed by atoms with Gasteiger partial charge >= 0.3 is 0 Å². The molecule has 152 valence electrons. The number of para-hydroxylation sites is 1. The molecule has 1 amide bonds. The summed E-state index contributed by atoms with van der Waals surface area (Å²) in [5, 5.41) is 7.35. The molecule has 0 unspecified atom stereocenters. The van der Waals surface area contributed by atoms with E-state index in [1.54, 1.807) is 0 Å². The zero-order valence-electron chi connectivity index (χ0n) is 16.4. The van der Waals surface area contributed by atoms with Crippen LogP contribution in [0, 0.1) is 0 Å². The Bertz CT molecular complexity index is 1240. The van der Waals surface area contributed by atoms with E-state index >= 15 is 0 Å². The van der Waals surface area contributed by atoms with Crippen LogP contribution in [-0.2, 0) is 4.79 Å². The van der Waals surface area contributed by atoms with E-state index in [9.17, 15) is 4.79 Å². The van der Waals surface area contributed by atoms with Gasteiger partial charge < -0.3 is 10.6 Å². The maximum Gasteiger partial charge on any atom is 0.245 e. The minimum absolute atomic E-state index is 0.126. The van der Waals surface area contributed by atoms with Gasteiger partial charge in [-0.05, 0) is 17.7 Å². The zero-order valence-corrected chi connectivity index (χ0v) is 18.0. The number of carbonyl (C=O) groups excluding carboxylic acids is 1. The smallest absolute Gasteiger partial charge is 0.245 e. The lowest BCUT2D eigenvalue weighted by Gasteiger charge is -2.02. The van der Waals surface area contributed by atoms with Crippen molar-refractivity contribution in [3.05, 3.63) is 84.9 Å². The Labute approximate surface area is 187 Å². The van der Waals surface area contributed by atoms with Crippen molar-refractivity contribution in [2.45, 2.75) is 0 Å². The van der Waals surface area contributed by atoms with E-state index in [1.807, 2.05) is 72.8 Å². The fraction of sp³-hybridized carbons (Fsp3) is 0.0417. The average Bonchev–Trinajstić information content (AvgIpc) is 3.43. The molecule has 5 aromatic rings.